The summed E-state index contributed by atoms with van der Waals surface area (Å²) in [5, 5.41) is 2.57. The van der Waals surface area contributed by atoms with E-state index < -0.39 is 0 Å². The molecule has 1 saturated carbocycles. The van der Waals surface area contributed by atoms with Gasteiger partial charge in [0.05, 0.1) is 0 Å². The molecule has 2 aromatic rings. The summed E-state index contributed by atoms with van der Waals surface area (Å²) >= 11 is 0. The maximum atomic E-state index is 11.5. The molecule has 0 aliphatic heterocycles. The summed E-state index contributed by atoms with van der Waals surface area (Å²) in [4.78, 5) is 11.5. The van der Waals surface area contributed by atoms with Crippen LogP contribution in [0.3, 0.4) is 0 Å². The molecule has 0 radical (unpaired) electrons. The van der Waals surface area contributed by atoms with Crippen LogP contribution in [0.25, 0.3) is 16.3 Å². The lowest BCUT2D eigenvalue weighted by molar-refractivity contribution is -0.117. The Hall–Kier alpha value is -2.93. The molecule has 0 heterocycles. The lowest BCUT2D eigenvalue weighted by Gasteiger charge is -2.10. The second kappa shape index (κ2) is 7.00. The van der Waals surface area contributed by atoms with Gasteiger partial charge in [-0.25, -0.2) is 0 Å². The maximum absolute atomic E-state index is 11.5. The molecule has 4 rings (SSSR count). The first kappa shape index (κ1) is 17.5. The van der Waals surface area contributed by atoms with Crippen LogP contribution in [0.4, 0.5) is 0 Å². The molecule has 0 saturated heterocycles. The minimum absolute atomic E-state index is 0.112. The van der Waals surface area contributed by atoms with E-state index >= 15 is 0 Å². The lowest BCUT2D eigenvalue weighted by atomic mass is 9.93. The molecular formula is C26H24O. The monoisotopic (exact) mass is 352 g/mol. The number of ketones is 1. The second-order valence-electron chi connectivity index (χ2n) is 7.63. The Kier molecular flexibility index (Phi) is 4.53. The van der Waals surface area contributed by atoms with Gasteiger partial charge in [-0.15, -0.1) is 0 Å². The van der Waals surface area contributed by atoms with Crippen molar-refractivity contribution in [1.29, 1.82) is 0 Å². The van der Waals surface area contributed by atoms with E-state index in [-0.39, 0.29) is 11.7 Å². The van der Waals surface area contributed by atoms with Crippen molar-refractivity contribution in [2.45, 2.75) is 26.2 Å². The predicted molar refractivity (Wildman–Crippen MR) is 114 cm³/mol. The minimum atomic E-state index is 0.112. The molecule has 0 spiro atoms. The van der Waals surface area contributed by atoms with Crippen LogP contribution in [-0.2, 0) is 4.79 Å². The van der Waals surface area contributed by atoms with Crippen LogP contribution in [-0.4, -0.2) is 5.78 Å². The van der Waals surface area contributed by atoms with Gasteiger partial charge in [-0.05, 0) is 58.4 Å². The van der Waals surface area contributed by atoms with Gasteiger partial charge in [0.1, 0.15) is 5.78 Å². The van der Waals surface area contributed by atoms with E-state index in [1.54, 1.807) is 6.92 Å². The third kappa shape index (κ3) is 3.38. The Balaban J connectivity index is 1.54. The molecule has 1 fully saturated rings. The summed E-state index contributed by atoms with van der Waals surface area (Å²) in [6.45, 7) is 10.1. The number of allylic oxidation sites excluding steroid dienone is 8. The Morgan fingerprint density at radius 3 is 2.67 bits per heavy atom. The van der Waals surface area contributed by atoms with E-state index in [0.717, 1.165) is 24.0 Å². The minimum Gasteiger partial charge on any atom is -0.300 e. The van der Waals surface area contributed by atoms with Crippen LogP contribution in [0.15, 0.2) is 96.1 Å². The van der Waals surface area contributed by atoms with Gasteiger partial charge in [0.25, 0.3) is 0 Å². The average molecular weight is 352 g/mol. The Morgan fingerprint density at radius 1 is 1.07 bits per heavy atom. The van der Waals surface area contributed by atoms with E-state index in [2.05, 4.69) is 73.9 Å². The second-order valence-corrected chi connectivity index (χ2v) is 7.63. The van der Waals surface area contributed by atoms with Crippen molar-refractivity contribution in [3.05, 3.63) is 102 Å². The number of rotatable bonds is 4. The number of fused-ring (bicyclic) bond motifs is 1. The zero-order valence-corrected chi connectivity index (χ0v) is 15.8. The first-order chi connectivity index (χ1) is 13.0. The molecule has 2 aromatic carbocycles. The van der Waals surface area contributed by atoms with Crippen LogP contribution in [0.2, 0.25) is 0 Å². The first-order valence-electron chi connectivity index (χ1n) is 9.47. The van der Waals surface area contributed by atoms with Gasteiger partial charge in [-0.1, -0.05) is 79.4 Å². The van der Waals surface area contributed by atoms with Crippen LogP contribution >= 0.6 is 0 Å². The van der Waals surface area contributed by atoms with Gasteiger partial charge < -0.3 is 0 Å². The summed E-state index contributed by atoms with van der Waals surface area (Å²) in [5.74, 6) is 0.310. The standard InChI is InChI=1S/C26H24O/c1-17-13-23(19(3)26(17)14-18(2)27)16-20-11-12-22(15-20)25-10-6-8-21-7-4-5-9-24(21)25/h4-12,16,26H,1,3,13-15H2,2H3/b23-16+. The number of hydrogen-bond acceptors (Lipinski definition) is 1. The molecule has 27 heavy (non-hydrogen) atoms. The highest BCUT2D eigenvalue weighted by Crippen LogP contribution is 2.42. The van der Waals surface area contributed by atoms with E-state index in [1.807, 2.05) is 0 Å². The SMILES string of the molecule is C=C1C/C(=C\C2=CC=C(c3cccc4ccccc34)C2)C(=C)C1CC(C)=O. The van der Waals surface area contributed by atoms with Crippen molar-refractivity contribution in [3.8, 4) is 0 Å². The Bertz CT molecular complexity index is 1050. The average Bonchev–Trinajstić information content (AvgIpc) is 3.21. The summed E-state index contributed by atoms with van der Waals surface area (Å²) in [6.07, 6.45) is 8.97. The number of carbonyl (C=O) groups is 1. The van der Waals surface area contributed by atoms with Crippen molar-refractivity contribution in [2.24, 2.45) is 5.92 Å². The quantitative estimate of drug-likeness (QED) is 0.567. The van der Waals surface area contributed by atoms with Gasteiger partial charge in [-0.3, -0.25) is 4.79 Å². The molecule has 0 bridgehead atoms. The fourth-order valence-electron chi connectivity index (χ4n) is 4.21. The molecule has 2 aliphatic carbocycles. The summed E-state index contributed by atoms with van der Waals surface area (Å²) < 4.78 is 0. The first-order valence-corrected chi connectivity index (χ1v) is 9.47. The normalized spacial score (nSPS) is 21.1. The van der Waals surface area contributed by atoms with Crippen LogP contribution in [0, 0.1) is 5.92 Å². The molecule has 134 valence electrons. The Labute approximate surface area is 161 Å². The molecule has 0 amide bonds. The zero-order valence-electron chi connectivity index (χ0n) is 15.8. The van der Waals surface area contributed by atoms with Crippen LogP contribution in [0.5, 0.6) is 0 Å². The zero-order chi connectivity index (χ0) is 19.0. The van der Waals surface area contributed by atoms with E-state index in [1.165, 1.54) is 33.1 Å². The summed E-state index contributed by atoms with van der Waals surface area (Å²) in [7, 11) is 0. The van der Waals surface area contributed by atoms with Gasteiger partial charge >= 0.3 is 0 Å². The molecule has 0 N–H and O–H groups in total. The predicted octanol–water partition coefficient (Wildman–Crippen LogP) is 6.59. The van der Waals surface area contributed by atoms with Gasteiger partial charge in [0.2, 0.25) is 0 Å². The summed E-state index contributed by atoms with van der Waals surface area (Å²) in [5.41, 5.74) is 7.36. The van der Waals surface area contributed by atoms with Crippen LogP contribution < -0.4 is 0 Å². The highest BCUT2D eigenvalue weighted by molar-refractivity contribution is 5.95. The molecular weight excluding hydrogens is 328 g/mol. The van der Waals surface area contributed by atoms with E-state index in [4.69, 9.17) is 0 Å². The number of Topliss-reactive ketones (excluding diaryl/α,β-unsaturated/α-hetero) is 1. The van der Waals surface area contributed by atoms with Crippen molar-refractivity contribution in [3.63, 3.8) is 0 Å². The Morgan fingerprint density at radius 2 is 1.85 bits per heavy atom. The highest BCUT2D eigenvalue weighted by atomic mass is 16.1. The van der Waals surface area contributed by atoms with Crippen LogP contribution in [0.1, 0.15) is 31.7 Å². The van der Waals surface area contributed by atoms with E-state index in [9.17, 15) is 4.79 Å². The number of benzene rings is 2. The summed E-state index contributed by atoms with van der Waals surface area (Å²) in [6, 6.07) is 15.0. The van der Waals surface area contributed by atoms with Gasteiger partial charge in [0.15, 0.2) is 0 Å². The molecule has 1 nitrogen and oxygen atoms in total. The van der Waals surface area contributed by atoms with Crippen molar-refractivity contribution in [2.75, 3.05) is 0 Å². The van der Waals surface area contributed by atoms with Crippen molar-refractivity contribution in [1.82, 2.24) is 0 Å². The van der Waals surface area contributed by atoms with E-state index in [0.29, 0.717) is 6.42 Å². The fourth-order valence-corrected chi connectivity index (χ4v) is 4.21. The van der Waals surface area contributed by atoms with Crippen molar-refractivity contribution < 1.29 is 4.79 Å². The molecule has 1 atom stereocenters. The smallest absolute Gasteiger partial charge is 0.130 e. The van der Waals surface area contributed by atoms with Gasteiger partial charge in [0, 0.05) is 12.3 Å². The maximum Gasteiger partial charge on any atom is 0.130 e. The molecule has 1 unspecified atom stereocenters. The molecule has 1 heteroatoms. The third-order valence-corrected chi connectivity index (χ3v) is 5.62. The highest BCUT2D eigenvalue weighted by Gasteiger charge is 2.28. The fraction of sp³-hybridized carbons (Fsp3) is 0.192. The number of carbonyl (C=O) groups excluding carboxylic acids is 1. The molecule has 2 aliphatic rings. The molecule has 0 aromatic heterocycles. The van der Waals surface area contributed by atoms with Gasteiger partial charge in [-0.2, -0.15) is 0 Å². The largest absolute Gasteiger partial charge is 0.300 e. The number of hydrogen-bond donors (Lipinski definition) is 0. The topological polar surface area (TPSA) is 17.1 Å². The van der Waals surface area contributed by atoms with Crippen molar-refractivity contribution >= 4 is 22.1 Å². The third-order valence-electron chi connectivity index (χ3n) is 5.62. The lowest BCUT2D eigenvalue weighted by Crippen LogP contribution is -2.04.